The third kappa shape index (κ3) is 2.83. The molecule has 2 aromatic rings. The van der Waals surface area contributed by atoms with E-state index >= 15 is 0 Å². The van der Waals surface area contributed by atoms with Gasteiger partial charge in [0.25, 0.3) is 0 Å². The van der Waals surface area contributed by atoms with Crippen molar-refractivity contribution in [2.24, 2.45) is 0 Å². The molecule has 0 bridgehead atoms. The van der Waals surface area contributed by atoms with Crippen LogP contribution in [-0.2, 0) is 0 Å². The summed E-state index contributed by atoms with van der Waals surface area (Å²) in [4.78, 5) is 15.8. The number of carbonyl (C=O) groups is 1. The minimum atomic E-state index is -0.998. The quantitative estimate of drug-likeness (QED) is 0.847. The molecular weight excluding hydrogens is 316 g/mol. The highest BCUT2D eigenvalue weighted by Crippen LogP contribution is 2.34. The first-order valence-corrected chi connectivity index (χ1v) is 6.60. The molecule has 3 N–H and O–H groups in total. The first kappa shape index (κ1) is 12.9. The summed E-state index contributed by atoms with van der Waals surface area (Å²) >= 11 is 4.53. The lowest BCUT2D eigenvalue weighted by Crippen LogP contribution is -2.01. The van der Waals surface area contributed by atoms with Gasteiger partial charge in [-0.1, -0.05) is 17.8 Å². The Kier molecular flexibility index (Phi) is 3.88. The predicted molar refractivity (Wildman–Crippen MR) is 73.9 cm³/mol. The van der Waals surface area contributed by atoms with Crippen molar-refractivity contribution in [2.45, 2.75) is 9.92 Å². The summed E-state index contributed by atoms with van der Waals surface area (Å²) in [5, 5.41) is 9.81. The van der Waals surface area contributed by atoms with Crippen molar-refractivity contribution in [3.8, 4) is 0 Å². The topological polar surface area (TPSA) is 76.2 Å². The van der Waals surface area contributed by atoms with Gasteiger partial charge in [-0.3, -0.25) is 0 Å². The van der Waals surface area contributed by atoms with Crippen LogP contribution in [0.2, 0.25) is 0 Å². The van der Waals surface area contributed by atoms with Crippen LogP contribution in [0.15, 0.2) is 50.9 Å². The second-order valence-electron chi connectivity index (χ2n) is 3.45. The van der Waals surface area contributed by atoms with Gasteiger partial charge in [0.1, 0.15) is 5.03 Å². The molecular formula is C12H9BrN2O2S. The van der Waals surface area contributed by atoms with E-state index in [1.807, 2.05) is 6.07 Å². The molecule has 0 aliphatic rings. The van der Waals surface area contributed by atoms with Gasteiger partial charge in [-0.15, -0.1) is 0 Å². The van der Waals surface area contributed by atoms with Crippen LogP contribution < -0.4 is 5.73 Å². The average Bonchev–Trinajstić information content (AvgIpc) is 2.34. The van der Waals surface area contributed by atoms with Crippen LogP contribution in [0.1, 0.15) is 10.4 Å². The second-order valence-corrected chi connectivity index (χ2v) is 5.39. The summed E-state index contributed by atoms with van der Waals surface area (Å²) in [6, 6.07) is 8.47. The van der Waals surface area contributed by atoms with Gasteiger partial charge in [-0.25, -0.2) is 9.78 Å². The Morgan fingerprint density at radius 1 is 1.33 bits per heavy atom. The van der Waals surface area contributed by atoms with Gasteiger partial charge in [0.2, 0.25) is 0 Å². The molecule has 0 spiro atoms. The molecule has 0 aliphatic carbocycles. The summed E-state index contributed by atoms with van der Waals surface area (Å²) in [5.74, 6) is -0.998. The molecule has 1 heterocycles. The van der Waals surface area contributed by atoms with Crippen molar-refractivity contribution in [3.05, 3.63) is 46.6 Å². The number of benzene rings is 1. The minimum absolute atomic E-state index is 0.185. The van der Waals surface area contributed by atoms with Crippen LogP contribution in [0.25, 0.3) is 0 Å². The molecule has 2 rings (SSSR count). The number of hydrogen-bond donors (Lipinski definition) is 2. The van der Waals surface area contributed by atoms with E-state index in [0.29, 0.717) is 15.6 Å². The van der Waals surface area contributed by atoms with Crippen LogP contribution in [0.4, 0.5) is 5.69 Å². The lowest BCUT2D eigenvalue weighted by molar-refractivity contribution is 0.0693. The van der Waals surface area contributed by atoms with E-state index in [1.165, 1.54) is 17.8 Å². The number of carboxylic acids is 1. The Balaban J connectivity index is 2.39. The number of aromatic carboxylic acids is 1. The van der Waals surface area contributed by atoms with Crippen LogP contribution in [0.3, 0.4) is 0 Å². The van der Waals surface area contributed by atoms with Gasteiger partial charge < -0.3 is 10.8 Å². The number of pyridine rings is 1. The zero-order chi connectivity index (χ0) is 13.1. The Morgan fingerprint density at radius 3 is 2.72 bits per heavy atom. The lowest BCUT2D eigenvalue weighted by Gasteiger charge is -2.08. The highest BCUT2D eigenvalue weighted by Gasteiger charge is 2.14. The summed E-state index contributed by atoms with van der Waals surface area (Å²) in [5.41, 5.74) is 6.44. The highest BCUT2D eigenvalue weighted by atomic mass is 79.9. The number of anilines is 1. The fourth-order valence-corrected chi connectivity index (χ4v) is 2.50. The van der Waals surface area contributed by atoms with Gasteiger partial charge in [-0.05, 0) is 40.2 Å². The van der Waals surface area contributed by atoms with Crippen molar-refractivity contribution < 1.29 is 9.90 Å². The maximum Gasteiger partial charge on any atom is 0.336 e. The molecule has 0 amide bonds. The standard InChI is InChI=1S/C12H9BrN2O2S/c13-7-4-5-10(15-6-7)18-11-8(12(16)17)2-1-3-9(11)14/h1-6H,14H2,(H,16,17). The van der Waals surface area contributed by atoms with E-state index in [9.17, 15) is 4.79 Å². The molecule has 18 heavy (non-hydrogen) atoms. The number of aromatic nitrogens is 1. The molecule has 1 aromatic carbocycles. The molecule has 92 valence electrons. The van der Waals surface area contributed by atoms with E-state index in [1.54, 1.807) is 24.4 Å². The van der Waals surface area contributed by atoms with Gasteiger partial charge >= 0.3 is 5.97 Å². The van der Waals surface area contributed by atoms with E-state index in [4.69, 9.17) is 10.8 Å². The Hall–Kier alpha value is -1.53. The van der Waals surface area contributed by atoms with E-state index in [-0.39, 0.29) is 5.56 Å². The normalized spacial score (nSPS) is 10.3. The number of rotatable bonds is 3. The monoisotopic (exact) mass is 324 g/mol. The zero-order valence-corrected chi connectivity index (χ0v) is 11.5. The number of nitrogens with zero attached hydrogens (tertiary/aromatic N) is 1. The number of halogens is 1. The molecule has 0 atom stereocenters. The Bertz CT molecular complexity index is 587. The van der Waals surface area contributed by atoms with E-state index < -0.39 is 5.97 Å². The molecule has 0 unspecified atom stereocenters. The van der Waals surface area contributed by atoms with Gasteiger partial charge in [-0.2, -0.15) is 0 Å². The molecule has 6 heteroatoms. The number of carboxylic acid groups (broad SMARTS) is 1. The highest BCUT2D eigenvalue weighted by molar-refractivity contribution is 9.10. The maximum absolute atomic E-state index is 11.1. The van der Waals surface area contributed by atoms with Gasteiger partial charge in [0, 0.05) is 16.4 Å². The van der Waals surface area contributed by atoms with Crippen LogP contribution in [0.5, 0.6) is 0 Å². The van der Waals surface area contributed by atoms with Crippen molar-refractivity contribution in [2.75, 3.05) is 5.73 Å². The molecule has 0 saturated carbocycles. The van der Waals surface area contributed by atoms with Crippen LogP contribution in [-0.4, -0.2) is 16.1 Å². The van der Waals surface area contributed by atoms with Gasteiger partial charge in [0.05, 0.1) is 10.5 Å². The van der Waals surface area contributed by atoms with Crippen molar-refractivity contribution in [3.63, 3.8) is 0 Å². The van der Waals surface area contributed by atoms with E-state index in [2.05, 4.69) is 20.9 Å². The number of hydrogen-bond acceptors (Lipinski definition) is 4. The zero-order valence-electron chi connectivity index (χ0n) is 9.13. The molecule has 1 aromatic heterocycles. The maximum atomic E-state index is 11.1. The SMILES string of the molecule is Nc1cccc(C(=O)O)c1Sc1ccc(Br)cn1. The molecule has 0 saturated heterocycles. The second kappa shape index (κ2) is 5.41. The summed E-state index contributed by atoms with van der Waals surface area (Å²) in [7, 11) is 0. The summed E-state index contributed by atoms with van der Waals surface area (Å²) < 4.78 is 0.867. The lowest BCUT2D eigenvalue weighted by atomic mass is 10.2. The molecule has 4 nitrogen and oxygen atoms in total. The molecule has 0 radical (unpaired) electrons. The fraction of sp³-hybridized carbons (Fsp3) is 0. The smallest absolute Gasteiger partial charge is 0.336 e. The average molecular weight is 325 g/mol. The van der Waals surface area contributed by atoms with Crippen molar-refractivity contribution >= 4 is 39.3 Å². The summed E-state index contributed by atoms with van der Waals surface area (Å²) in [6.07, 6.45) is 1.65. The van der Waals surface area contributed by atoms with Gasteiger partial charge in [0.15, 0.2) is 0 Å². The van der Waals surface area contributed by atoms with Crippen LogP contribution in [0, 0.1) is 0 Å². The predicted octanol–water partition coefficient (Wildman–Crippen LogP) is 3.28. The first-order valence-electron chi connectivity index (χ1n) is 4.99. The third-order valence-electron chi connectivity index (χ3n) is 2.18. The van der Waals surface area contributed by atoms with Crippen LogP contribution >= 0.6 is 27.7 Å². The van der Waals surface area contributed by atoms with Crippen molar-refractivity contribution in [1.29, 1.82) is 0 Å². The van der Waals surface area contributed by atoms with Crippen molar-refractivity contribution in [1.82, 2.24) is 4.98 Å². The van der Waals surface area contributed by atoms with E-state index in [0.717, 1.165) is 4.47 Å². The number of nitrogen functional groups attached to an aromatic ring is 1. The molecule has 0 aliphatic heterocycles. The summed E-state index contributed by atoms with van der Waals surface area (Å²) in [6.45, 7) is 0. The Morgan fingerprint density at radius 2 is 2.11 bits per heavy atom. The minimum Gasteiger partial charge on any atom is -0.478 e. The fourth-order valence-electron chi connectivity index (χ4n) is 1.36. The first-order chi connectivity index (χ1) is 8.58. The Labute approximate surface area is 116 Å². The largest absolute Gasteiger partial charge is 0.478 e. The third-order valence-corrected chi connectivity index (χ3v) is 3.76. The molecule has 0 fully saturated rings. The number of nitrogens with two attached hydrogens (primary N) is 1.